The van der Waals surface area contributed by atoms with Gasteiger partial charge in [0.1, 0.15) is 5.75 Å². The van der Waals surface area contributed by atoms with Gasteiger partial charge in [-0.25, -0.2) is 0 Å². The molecule has 0 amide bonds. The van der Waals surface area contributed by atoms with Gasteiger partial charge in [0.05, 0.1) is 12.5 Å². The number of carboxylic acids is 1. The number of ether oxygens (including phenoxy) is 1. The molecular weight excluding hydrogens is 266 g/mol. The topological polar surface area (TPSA) is 58.6 Å². The molecule has 4 nitrogen and oxygen atoms in total. The molecule has 0 aromatic heterocycles. The average molecular weight is 291 g/mol. The summed E-state index contributed by atoms with van der Waals surface area (Å²) in [7, 11) is 0. The molecule has 3 atom stereocenters. The largest absolute Gasteiger partial charge is 0.494 e. The van der Waals surface area contributed by atoms with Crippen molar-refractivity contribution < 1.29 is 14.6 Å². The van der Waals surface area contributed by atoms with Gasteiger partial charge in [0.25, 0.3) is 0 Å². The first-order valence-corrected chi connectivity index (χ1v) is 7.82. The summed E-state index contributed by atoms with van der Waals surface area (Å²) < 4.78 is 5.67. The molecule has 1 aliphatic rings. The Morgan fingerprint density at radius 3 is 2.90 bits per heavy atom. The lowest BCUT2D eigenvalue weighted by Crippen LogP contribution is -2.37. The molecule has 2 N–H and O–H groups in total. The standard InChI is InChI=1S/C17H25NO3/c1-3-21-16-10-5-4-9-15(16)12(2)18-14-8-6-7-13(11-14)17(19)20/h4-5,9-10,12-14,18H,3,6-8,11H2,1-2H3,(H,19,20). The molecule has 1 saturated carbocycles. The van der Waals surface area contributed by atoms with Crippen LogP contribution in [0.2, 0.25) is 0 Å². The molecule has 0 bridgehead atoms. The van der Waals surface area contributed by atoms with Crippen LogP contribution in [0, 0.1) is 5.92 Å². The predicted octanol–water partition coefficient (Wildman–Crippen LogP) is 3.38. The zero-order valence-electron chi connectivity index (χ0n) is 12.8. The smallest absolute Gasteiger partial charge is 0.306 e. The van der Waals surface area contributed by atoms with Crippen LogP contribution in [0.25, 0.3) is 0 Å². The fraction of sp³-hybridized carbons (Fsp3) is 0.588. The second-order valence-electron chi connectivity index (χ2n) is 5.76. The molecule has 1 aromatic rings. The lowest BCUT2D eigenvalue weighted by Gasteiger charge is -2.30. The van der Waals surface area contributed by atoms with Gasteiger partial charge in [0.2, 0.25) is 0 Å². The lowest BCUT2D eigenvalue weighted by atomic mass is 9.85. The van der Waals surface area contributed by atoms with Crippen LogP contribution >= 0.6 is 0 Å². The van der Waals surface area contributed by atoms with Crippen molar-refractivity contribution in [2.75, 3.05) is 6.61 Å². The fourth-order valence-electron chi connectivity index (χ4n) is 3.13. The van der Waals surface area contributed by atoms with Crippen molar-refractivity contribution in [2.45, 2.75) is 51.6 Å². The van der Waals surface area contributed by atoms with Gasteiger partial charge < -0.3 is 15.2 Å². The van der Waals surface area contributed by atoms with E-state index in [9.17, 15) is 9.90 Å². The summed E-state index contributed by atoms with van der Waals surface area (Å²) in [5.41, 5.74) is 1.14. The molecule has 1 aromatic carbocycles. The van der Waals surface area contributed by atoms with Crippen LogP contribution in [0.5, 0.6) is 5.75 Å². The van der Waals surface area contributed by atoms with E-state index in [4.69, 9.17) is 4.74 Å². The first-order valence-electron chi connectivity index (χ1n) is 7.82. The number of hydrogen-bond donors (Lipinski definition) is 2. The molecular formula is C17H25NO3. The van der Waals surface area contributed by atoms with Crippen LogP contribution in [0.4, 0.5) is 0 Å². The van der Waals surface area contributed by atoms with Crippen molar-refractivity contribution in [3.63, 3.8) is 0 Å². The molecule has 21 heavy (non-hydrogen) atoms. The number of rotatable bonds is 6. The molecule has 0 saturated heterocycles. The Kier molecular flexibility index (Phi) is 5.62. The lowest BCUT2D eigenvalue weighted by molar-refractivity contribution is -0.143. The maximum atomic E-state index is 11.1. The van der Waals surface area contributed by atoms with Gasteiger partial charge in [-0.2, -0.15) is 0 Å². The summed E-state index contributed by atoms with van der Waals surface area (Å²) in [6, 6.07) is 8.46. The summed E-state index contributed by atoms with van der Waals surface area (Å²) in [6.45, 7) is 4.74. The SMILES string of the molecule is CCOc1ccccc1C(C)NC1CCCC(C(=O)O)C1. The van der Waals surface area contributed by atoms with Gasteiger partial charge in [-0.15, -0.1) is 0 Å². The van der Waals surface area contributed by atoms with E-state index in [1.54, 1.807) is 0 Å². The number of benzene rings is 1. The molecule has 4 heteroatoms. The molecule has 0 spiro atoms. The van der Waals surface area contributed by atoms with Gasteiger partial charge in [-0.3, -0.25) is 4.79 Å². The van der Waals surface area contributed by atoms with Crippen LogP contribution in [-0.2, 0) is 4.79 Å². The zero-order chi connectivity index (χ0) is 15.2. The average Bonchev–Trinajstić information content (AvgIpc) is 2.48. The monoisotopic (exact) mass is 291 g/mol. The predicted molar refractivity (Wildman–Crippen MR) is 82.5 cm³/mol. The Morgan fingerprint density at radius 2 is 2.19 bits per heavy atom. The fourth-order valence-corrected chi connectivity index (χ4v) is 3.13. The van der Waals surface area contributed by atoms with E-state index in [0.29, 0.717) is 6.61 Å². The third-order valence-electron chi connectivity index (χ3n) is 4.19. The van der Waals surface area contributed by atoms with Crippen LogP contribution in [-0.4, -0.2) is 23.7 Å². The summed E-state index contributed by atoms with van der Waals surface area (Å²) in [5.74, 6) is 0.0417. The molecule has 0 heterocycles. The summed E-state index contributed by atoms with van der Waals surface area (Å²) in [5, 5.41) is 12.7. The maximum Gasteiger partial charge on any atom is 0.306 e. The number of carbonyl (C=O) groups is 1. The summed E-state index contributed by atoms with van der Waals surface area (Å²) in [4.78, 5) is 11.1. The number of nitrogens with one attached hydrogen (secondary N) is 1. The van der Waals surface area contributed by atoms with E-state index in [1.165, 1.54) is 0 Å². The van der Waals surface area contributed by atoms with Gasteiger partial charge in [-0.05, 0) is 39.2 Å². The Balaban J connectivity index is 2.00. The highest BCUT2D eigenvalue weighted by atomic mass is 16.5. The zero-order valence-corrected chi connectivity index (χ0v) is 12.8. The van der Waals surface area contributed by atoms with E-state index < -0.39 is 5.97 Å². The molecule has 116 valence electrons. The molecule has 2 rings (SSSR count). The van der Waals surface area contributed by atoms with Gasteiger partial charge in [0.15, 0.2) is 0 Å². The van der Waals surface area contributed by atoms with E-state index in [-0.39, 0.29) is 18.0 Å². The number of carboxylic acid groups (broad SMARTS) is 1. The third-order valence-corrected chi connectivity index (χ3v) is 4.19. The van der Waals surface area contributed by atoms with Gasteiger partial charge >= 0.3 is 5.97 Å². The van der Waals surface area contributed by atoms with Crippen molar-refractivity contribution in [3.8, 4) is 5.75 Å². The van der Waals surface area contributed by atoms with E-state index in [2.05, 4.69) is 18.3 Å². The second kappa shape index (κ2) is 7.46. The number of para-hydroxylation sites is 1. The normalized spacial score (nSPS) is 23.5. The van der Waals surface area contributed by atoms with Crippen molar-refractivity contribution in [1.29, 1.82) is 0 Å². The number of aliphatic carboxylic acids is 1. The Hall–Kier alpha value is -1.55. The van der Waals surface area contributed by atoms with Crippen LogP contribution < -0.4 is 10.1 Å². The minimum atomic E-state index is -0.663. The van der Waals surface area contributed by atoms with Crippen LogP contribution in [0.15, 0.2) is 24.3 Å². The Bertz CT molecular complexity index is 475. The highest BCUT2D eigenvalue weighted by Crippen LogP contribution is 2.29. The molecule has 1 aliphatic carbocycles. The van der Waals surface area contributed by atoms with E-state index in [1.807, 2.05) is 25.1 Å². The maximum absolute atomic E-state index is 11.1. The molecule has 0 aliphatic heterocycles. The van der Waals surface area contributed by atoms with Crippen LogP contribution in [0.3, 0.4) is 0 Å². The van der Waals surface area contributed by atoms with Crippen LogP contribution in [0.1, 0.15) is 51.1 Å². The summed E-state index contributed by atoms with van der Waals surface area (Å²) in [6.07, 6.45) is 3.55. The summed E-state index contributed by atoms with van der Waals surface area (Å²) >= 11 is 0. The number of hydrogen-bond acceptors (Lipinski definition) is 3. The molecule has 1 fully saturated rings. The molecule has 0 radical (unpaired) electrons. The third kappa shape index (κ3) is 4.21. The molecule has 3 unspecified atom stereocenters. The highest BCUT2D eigenvalue weighted by Gasteiger charge is 2.28. The van der Waals surface area contributed by atoms with Crippen molar-refractivity contribution in [3.05, 3.63) is 29.8 Å². The second-order valence-corrected chi connectivity index (χ2v) is 5.76. The first kappa shape index (κ1) is 15.8. The van der Waals surface area contributed by atoms with Gasteiger partial charge in [-0.1, -0.05) is 24.6 Å². The Morgan fingerprint density at radius 1 is 1.43 bits per heavy atom. The van der Waals surface area contributed by atoms with E-state index in [0.717, 1.165) is 37.0 Å². The highest BCUT2D eigenvalue weighted by molar-refractivity contribution is 5.70. The minimum Gasteiger partial charge on any atom is -0.494 e. The van der Waals surface area contributed by atoms with Crippen molar-refractivity contribution >= 4 is 5.97 Å². The van der Waals surface area contributed by atoms with Gasteiger partial charge in [0, 0.05) is 17.6 Å². The van der Waals surface area contributed by atoms with Crippen molar-refractivity contribution in [2.24, 2.45) is 5.92 Å². The van der Waals surface area contributed by atoms with Crippen molar-refractivity contribution in [1.82, 2.24) is 5.32 Å². The minimum absolute atomic E-state index is 0.158. The Labute approximate surface area is 126 Å². The van der Waals surface area contributed by atoms with E-state index >= 15 is 0 Å². The first-order chi connectivity index (χ1) is 10.1. The quantitative estimate of drug-likeness (QED) is 0.843.